The average molecular weight is 1050 g/mol. The van der Waals surface area contributed by atoms with Crippen LogP contribution in [0.15, 0.2) is 122 Å². The van der Waals surface area contributed by atoms with Gasteiger partial charge >= 0.3 is 25.7 Å². The molecule has 74 heavy (non-hydrogen) atoms. The Bertz CT molecular complexity index is 1700. The molecule has 420 valence electrons. The summed E-state index contributed by atoms with van der Waals surface area (Å²) in [5.74, 6) is -1.60. The van der Waals surface area contributed by atoms with E-state index in [2.05, 4.69) is 130 Å². The van der Waals surface area contributed by atoms with E-state index in [0.717, 1.165) is 141 Å². The zero-order valence-electron chi connectivity index (χ0n) is 46.3. The molecular formula is C62H101O11P. The lowest BCUT2D eigenvalue weighted by molar-refractivity contribution is -0.161. The highest BCUT2D eigenvalue weighted by molar-refractivity contribution is 7.47. The summed E-state index contributed by atoms with van der Waals surface area (Å²) in [7, 11) is -4.77. The van der Waals surface area contributed by atoms with Crippen LogP contribution in [-0.4, -0.2) is 66.5 Å². The Hall–Kier alpha value is -4.12. The van der Waals surface area contributed by atoms with E-state index >= 15 is 0 Å². The molecule has 3 unspecified atom stereocenters. The average Bonchev–Trinajstić information content (AvgIpc) is 3.39. The summed E-state index contributed by atoms with van der Waals surface area (Å²) in [5.41, 5.74) is 0. The third kappa shape index (κ3) is 52.7. The number of phosphoric acid groups is 1. The van der Waals surface area contributed by atoms with Crippen molar-refractivity contribution in [2.45, 2.75) is 226 Å². The van der Waals surface area contributed by atoms with Gasteiger partial charge in [0.1, 0.15) is 12.7 Å². The quantitative estimate of drug-likeness (QED) is 0.0197. The van der Waals surface area contributed by atoms with Gasteiger partial charge in [-0.3, -0.25) is 23.4 Å². The molecule has 3 atom stereocenters. The standard InChI is InChI=1S/C62H101O11P/c1-4-7-10-13-16-19-22-24-26-28-29-31-32-34-37-39-42-45-48-51-60(64)69-55-59(73-62(66)53-50-47-44-41-38-35-33-30-27-25-23-20-17-14-11-8-5-2)57-71-74(67,68)70-56-58(54-63)72-61(65)52-49-46-43-40-36-21-18-15-12-9-6-3/h7-8,10-11,15-20,24-27,29,31,34,37,42,45,58-59,63H,4-6,9,12-14,21-23,28,30,32-33,35-36,38-41,43-44,46-57H2,1-3H3,(H,67,68)/b10-7-,11-8-,18-15-,19-16-,20-17-,26-24-,27-25-,31-29-,37-34-,45-42-. The molecular weight excluding hydrogens is 952 g/mol. The molecule has 0 aliphatic heterocycles. The first-order chi connectivity index (χ1) is 36.2. The van der Waals surface area contributed by atoms with E-state index in [4.69, 9.17) is 23.3 Å². The molecule has 0 saturated carbocycles. The molecule has 0 bridgehead atoms. The Morgan fingerprint density at radius 2 is 0.730 bits per heavy atom. The van der Waals surface area contributed by atoms with Crippen LogP contribution in [0.4, 0.5) is 0 Å². The lowest BCUT2D eigenvalue weighted by atomic mass is 10.1. The topological polar surface area (TPSA) is 155 Å². The number of rotatable bonds is 51. The SMILES string of the molecule is CC/C=C\C/C=C\C/C=C\C/C=C\C/C=C\C/C=C\CCC(=O)OCC(COP(=O)(O)OCC(CO)OC(=O)CCCCCCC/C=C\CCCC)OC(=O)CCCCCCCCC/C=C\C/C=C\C/C=C\CC. The molecule has 0 aromatic carbocycles. The predicted octanol–water partition coefficient (Wildman–Crippen LogP) is 16.8. The Morgan fingerprint density at radius 3 is 1.15 bits per heavy atom. The van der Waals surface area contributed by atoms with Crippen LogP contribution in [0, 0.1) is 0 Å². The summed E-state index contributed by atoms with van der Waals surface area (Å²) in [6.07, 6.45) is 67.5. The highest BCUT2D eigenvalue weighted by atomic mass is 31.2. The van der Waals surface area contributed by atoms with E-state index in [1.807, 2.05) is 12.2 Å². The van der Waals surface area contributed by atoms with Crippen LogP contribution in [0.5, 0.6) is 0 Å². The maximum absolute atomic E-state index is 12.9. The van der Waals surface area contributed by atoms with Crippen LogP contribution in [0.1, 0.15) is 213 Å². The summed E-state index contributed by atoms with van der Waals surface area (Å²) in [4.78, 5) is 48.5. The minimum atomic E-state index is -4.77. The second kappa shape index (κ2) is 55.1. The number of ether oxygens (including phenoxy) is 3. The van der Waals surface area contributed by atoms with Gasteiger partial charge in [-0.25, -0.2) is 4.57 Å². The van der Waals surface area contributed by atoms with Gasteiger partial charge in [-0.15, -0.1) is 0 Å². The number of aliphatic hydroxyl groups excluding tert-OH is 1. The molecule has 0 heterocycles. The number of hydrogen-bond donors (Lipinski definition) is 2. The molecule has 11 nitrogen and oxygen atoms in total. The third-order valence-electron chi connectivity index (χ3n) is 11.4. The number of esters is 3. The monoisotopic (exact) mass is 1050 g/mol. The van der Waals surface area contributed by atoms with E-state index in [0.29, 0.717) is 19.3 Å². The van der Waals surface area contributed by atoms with Gasteiger partial charge < -0.3 is 24.2 Å². The first-order valence-corrected chi connectivity index (χ1v) is 29.9. The molecule has 0 aromatic rings. The zero-order valence-corrected chi connectivity index (χ0v) is 47.2. The number of carbonyl (C=O) groups is 3. The van der Waals surface area contributed by atoms with Crippen molar-refractivity contribution < 1.29 is 52.2 Å². The largest absolute Gasteiger partial charge is 0.472 e. The van der Waals surface area contributed by atoms with Crippen molar-refractivity contribution in [1.82, 2.24) is 0 Å². The van der Waals surface area contributed by atoms with E-state index in [1.165, 1.54) is 12.8 Å². The van der Waals surface area contributed by atoms with Crippen molar-refractivity contribution in [2.24, 2.45) is 0 Å². The second-order valence-electron chi connectivity index (χ2n) is 18.3. The van der Waals surface area contributed by atoms with Crippen LogP contribution in [0.2, 0.25) is 0 Å². The van der Waals surface area contributed by atoms with Crippen LogP contribution in [-0.2, 0) is 42.2 Å². The van der Waals surface area contributed by atoms with Gasteiger partial charge in [0.2, 0.25) is 0 Å². The molecule has 0 aliphatic carbocycles. The van der Waals surface area contributed by atoms with Gasteiger partial charge in [-0.1, -0.05) is 206 Å². The van der Waals surface area contributed by atoms with Crippen molar-refractivity contribution in [3.8, 4) is 0 Å². The van der Waals surface area contributed by atoms with Gasteiger partial charge in [0.05, 0.1) is 19.8 Å². The first-order valence-electron chi connectivity index (χ1n) is 28.4. The van der Waals surface area contributed by atoms with Crippen molar-refractivity contribution in [2.75, 3.05) is 26.4 Å². The number of aliphatic hydroxyl groups is 1. The summed E-state index contributed by atoms with van der Waals surface area (Å²) in [5, 5.41) is 9.79. The van der Waals surface area contributed by atoms with E-state index < -0.39 is 57.8 Å². The molecule has 0 amide bonds. The summed E-state index contributed by atoms with van der Waals surface area (Å²) in [6.45, 7) is 4.26. The molecule has 0 aromatic heterocycles. The van der Waals surface area contributed by atoms with Crippen LogP contribution in [0.3, 0.4) is 0 Å². The zero-order chi connectivity index (χ0) is 54.1. The fourth-order valence-electron chi connectivity index (χ4n) is 7.08. The Morgan fingerprint density at radius 1 is 0.392 bits per heavy atom. The normalized spacial score (nSPS) is 14.3. The first kappa shape index (κ1) is 69.9. The summed E-state index contributed by atoms with van der Waals surface area (Å²) < 4.78 is 39.4. The molecule has 0 aliphatic rings. The molecule has 0 saturated heterocycles. The molecule has 0 rings (SSSR count). The maximum atomic E-state index is 12.9. The number of phosphoric ester groups is 1. The lowest BCUT2D eigenvalue weighted by Gasteiger charge is -2.21. The van der Waals surface area contributed by atoms with Crippen molar-refractivity contribution >= 4 is 25.7 Å². The minimum absolute atomic E-state index is 0.0926. The Kier molecular flexibility index (Phi) is 52.1. The van der Waals surface area contributed by atoms with Gasteiger partial charge in [0.15, 0.2) is 6.10 Å². The third-order valence-corrected chi connectivity index (χ3v) is 12.3. The van der Waals surface area contributed by atoms with Crippen molar-refractivity contribution in [3.63, 3.8) is 0 Å². The van der Waals surface area contributed by atoms with Gasteiger partial charge in [0, 0.05) is 19.3 Å². The molecule has 0 radical (unpaired) electrons. The maximum Gasteiger partial charge on any atom is 0.472 e. The smallest absolute Gasteiger partial charge is 0.462 e. The minimum Gasteiger partial charge on any atom is -0.462 e. The van der Waals surface area contributed by atoms with E-state index in [-0.39, 0.29) is 25.9 Å². The highest BCUT2D eigenvalue weighted by Gasteiger charge is 2.28. The number of unbranched alkanes of at least 4 members (excludes halogenated alkanes) is 14. The molecule has 0 spiro atoms. The highest BCUT2D eigenvalue weighted by Crippen LogP contribution is 2.43. The number of hydrogen-bond acceptors (Lipinski definition) is 10. The fraction of sp³-hybridized carbons (Fsp3) is 0.629. The van der Waals surface area contributed by atoms with Crippen LogP contribution < -0.4 is 0 Å². The number of allylic oxidation sites excluding steroid dienone is 20. The molecule has 0 fully saturated rings. The van der Waals surface area contributed by atoms with Crippen LogP contribution >= 0.6 is 7.82 Å². The van der Waals surface area contributed by atoms with Crippen molar-refractivity contribution in [3.05, 3.63) is 122 Å². The Labute approximate surface area is 449 Å². The van der Waals surface area contributed by atoms with Gasteiger partial charge in [-0.2, -0.15) is 0 Å². The second-order valence-corrected chi connectivity index (χ2v) is 19.8. The van der Waals surface area contributed by atoms with E-state index in [1.54, 1.807) is 0 Å². The Balaban J connectivity index is 4.88. The molecule has 2 N–H and O–H groups in total. The van der Waals surface area contributed by atoms with Gasteiger partial charge in [-0.05, 0) is 109 Å². The molecule has 12 heteroatoms. The van der Waals surface area contributed by atoms with E-state index in [9.17, 15) is 28.9 Å². The predicted molar refractivity (Wildman–Crippen MR) is 306 cm³/mol. The lowest BCUT2D eigenvalue weighted by Crippen LogP contribution is -2.30. The van der Waals surface area contributed by atoms with Crippen LogP contribution in [0.25, 0.3) is 0 Å². The van der Waals surface area contributed by atoms with Gasteiger partial charge in [0.25, 0.3) is 0 Å². The summed E-state index contributed by atoms with van der Waals surface area (Å²) in [6, 6.07) is 0. The summed E-state index contributed by atoms with van der Waals surface area (Å²) >= 11 is 0. The number of carbonyl (C=O) groups excluding carboxylic acids is 3. The fourth-order valence-corrected chi connectivity index (χ4v) is 7.87. The van der Waals surface area contributed by atoms with Crippen molar-refractivity contribution in [1.29, 1.82) is 0 Å².